The zero-order chi connectivity index (χ0) is 15.1. The Kier molecular flexibility index (Phi) is 3.92. The Hall–Kier alpha value is -1.35. The predicted molar refractivity (Wildman–Crippen MR) is 81.6 cm³/mol. The molecule has 1 aliphatic heterocycles. The van der Waals surface area contributed by atoms with Crippen molar-refractivity contribution >= 4 is 29.0 Å². The van der Waals surface area contributed by atoms with Crippen molar-refractivity contribution in [3.8, 4) is 0 Å². The number of nitrogens with zero attached hydrogens (tertiary/aromatic N) is 1. The maximum Gasteiger partial charge on any atom is 0.232 e. The second-order valence-corrected chi connectivity index (χ2v) is 6.65. The van der Waals surface area contributed by atoms with Gasteiger partial charge in [-0.05, 0) is 37.1 Å². The SMILES string of the molecule is CC1Cc2cc(C(=O)CCl)ccc2N1C(=O)C(C)(C)C. The highest BCUT2D eigenvalue weighted by Crippen LogP contribution is 2.36. The molecule has 0 bridgehead atoms. The van der Waals surface area contributed by atoms with Crippen molar-refractivity contribution in [2.75, 3.05) is 10.8 Å². The van der Waals surface area contributed by atoms with Crippen LogP contribution in [-0.2, 0) is 11.2 Å². The molecule has 1 amide bonds. The van der Waals surface area contributed by atoms with Crippen LogP contribution >= 0.6 is 11.6 Å². The standard InChI is InChI=1S/C16H20ClNO2/c1-10-7-12-8-11(14(19)9-17)5-6-13(12)18(10)15(20)16(2,3)4/h5-6,8,10H,7,9H2,1-4H3. The van der Waals surface area contributed by atoms with E-state index >= 15 is 0 Å². The summed E-state index contributed by atoms with van der Waals surface area (Å²) in [5, 5.41) is 0. The summed E-state index contributed by atoms with van der Waals surface area (Å²) < 4.78 is 0. The summed E-state index contributed by atoms with van der Waals surface area (Å²) in [5.74, 6) is 0.0155. The van der Waals surface area contributed by atoms with Crippen LogP contribution in [-0.4, -0.2) is 23.6 Å². The van der Waals surface area contributed by atoms with E-state index in [0.29, 0.717) is 5.56 Å². The van der Waals surface area contributed by atoms with Crippen molar-refractivity contribution in [1.82, 2.24) is 0 Å². The number of amides is 1. The number of anilines is 1. The van der Waals surface area contributed by atoms with Crippen LogP contribution in [0.5, 0.6) is 0 Å². The molecule has 0 aliphatic carbocycles. The van der Waals surface area contributed by atoms with Gasteiger partial charge in [-0.3, -0.25) is 9.59 Å². The molecule has 2 rings (SSSR count). The molecule has 1 unspecified atom stereocenters. The average molecular weight is 294 g/mol. The van der Waals surface area contributed by atoms with Gasteiger partial charge in [-0.1, -0.05) is 20.8 Å². The van der Waals surface area contributed by atoms with Gasteiger partial charge >= 0.3 is 0 Å². The van der Waals surface area contributed by atoms with Crippen molar-refractivity contribution in [3.63, 3.8) is 0 Å². The first kappa shape index (κ1) is 15.0. The summed E-state index contributed by atoms with van der Waals surface area (Å²) in [6.45, 7) is 7.80. The number of rotatable bonds is 2. The lowest BCUT2D eigenvalue weighted by molar-refractivity contribution is -0.126. The van der Waals surface area contributed by atoms with Gasteiger partial charge in [-0.25, -0.2) is 0 Å². The Morgan fingerprint density at radius 2 is 2.00 bits per heavy atom. The first-order chi connectivity index (χ1) is 9.25. The number of hydrogen-bond acceptors (Lipinski definition) is 2. The molecule has 0 saturated heterocycles. The third-order valence-corrected chi connectivity index (χ3v) is 3.84. The van der Waals surface area contributed by atoms with Crippen LogP contribution in [0, 0.1) is 5.41 Å². The molecule has 0 saturated carbocycles. The van der Waals surface area contributed by atoms with Crippen LogP contribution in [0.1, 0.15) is 43.6 Å². The lowest BCUT2D eigenvalue weighted by atomic mass is 9.94. The van der Waals surface area contributed by atoms with E-state index in [1.165, 1.54) is 0 Å². The Labute approximate surface area is 124 Å². The van der Waals surface area contributed by atoms with Gasteiger partial charge in [-0.2, -0.15) is 0 Å². The first-order valence-corrected chi connectivity index (χ1v) is 7.35. The normalized spacial score (nSPS) is 18.1. The fourth-order valence-corrected chi connectivity index (χ4v) is 2.71. The molecule has 1 aromatic rings. The minimum absolute atomic E-state index is 0.0149. The van der Waals surface area contributed by atoms with Crippen LogP contribution in [0.15, 0.2) is 18.2 Å². The average Bonchev–Trinajstić information content (AvgIpc) is 2.70. The van der Waals surface area contributed by atoms with E-state index in [-0.39, 0.29) is 23.6 Å². The summed E-state index contributed by atoms with van der Waals surface area (Å²) in [6, 6.07) is 5.61. The van der Waals surface area contributed by atoms with Crippen LogP contribution in [0.25, 0.3) is 0 Å². The first-order valence-electron chi connectivity index (χ1n) is 6.81. The van der Waals surface area contributed by atoms with E-state index in [0.717, 1.165) is 17.7 Å². The number of alkyl halides is 1. The quantitative estimate of drug-likeness (QED) is 0.619. The number of carbonyl (C=O) groups is 2. The Morgan fingerprint density at radius 3 is 2.55 bits per heavy atom. The molecule has 3 nitrogen and oxygen atoms in total. The number of ketones is 1. The lowest BCUT2D eigenvalue weighted by Gasteiger charge is -2.29. The molecule has 0 radical (unpaired) electrons. The van der Waals surface area contributed by atoms with Gasteiger partial charge in [0.15, 0.2) is 5.78 Å². The number of carbonyl (C=O) groups excluding carboxylic acids is 2. The Morgan fingerprint density at radius 1 is 1.35 bits per heavy atom. The number of hydrogen-bond donors (Lipinski definition) is 0. The zero-order valence-electron chi connectivity index (χ0n) is 12.4. The second-order valence-electron chi connectivity index (χ2n) is 6.38. The van der Waals surface area contributed by atoms with Crippen molar-refractivity contribution in [3.05, 3.63) is 29.3 Å². The minimum Gasteiger partial charge on any atom is -0.309 e. The van der Waals surface area contributed by atoms with Crippen molar-refractivity contribution in [1.29, 1.82) is 0 Å². The van der Waals surface area contributed by atoms with E-state index in [2.05, 4.69) is 0 Å². The number of Topliss-reactive ketones (excluding diaryl/α,β-unsaturated/α-hetero) is 1. The maximum absolute atomic E-state index is 12.6. The molecule has 108 valence electrons. The van der Waals surface area contributed by atoms with Crippen molar-refractivity contribution in [2.24, 2.45) is 5.41 Å². The lowest BCUT2D eigenvalue weighted by Crippen LogP contribution is -2.42. The summed E-state index contributed by atoms with van der Waals surface area (Å²) in [7, 11) is 0. The molecule has 4 heteroatoms. The van der Waals surface area contributed by atoms with Crippen molar-refractivity contribution in [2.45, 2.75) is 40.2 Å². The van der Waals surface area contributed by atoms with E-state index in [9.17, 15) is 9.59 Å². The smallest absolute Gasteiger partial charge is 0.232 e. The molecule has 0 aromatic heterocycles. The third-order valence-electron chi connectivity index (χ3n) is 3.60. The molecule has 1 heterocycles. The minimum atomic E-state index is -0.416. The molecule has 0 fully saturated rings. The molecule has 20 heavy (non-hydrogen) atoms. The highest BCUT2D eigenvalue weighted by Gasteiger charge is 2.36. The van der Waals surface area contributed by atoms with E-state index in [1.807, 2.05) is 44.7 Å². The molecular formula is C16H20ClNO2. The van der Waals surface area contributed by atoms with Gasteiger partial charge in [0.05, 0.1) is 5.88 Å². The van der Waals surface area contributed by atoms with Crippen LogP contribution in [0.2, 0.25) is 0 Å². The van der Waals surface area contributed by atoms with E-state index in [4.69, 9.17) is 11.6 Å². The highest BCUT2D eigenvalue weighted by atomic mass is 35.5. The molecule has 0 N–H and O–H groups in total. The molecule has 0 spiro atoms. The fourth-order valence-electron chi connectivity index (χ4n) is 2.55. The molecule has 1 aromatic carbocycles. The van der Waals surface area contributed by atoms with Gasteiger partial charge in [0, 0.05) is 22.7 Å². The van der Waals surface area contributed by atoms with E-state index < -0.39 is 5.41 Å². The summed E-state index contributed by atoms with van der Waals surface area (Å²) in [5.41, 5.74) is 2.17. The van der Waals surface area contributed by atoms with Gasteiger partial charge in [-0.15, -0.1) is 11.6 Å². The van der Waals surface area contributed by atoms with Crippen LogP contribution < -0.4 is 4.90 Å². The molecular weight excluding hydrogens is 274 g/mol. The van der Waals surface area contributed by atoms with Gasteiger partial charge in [0.25, 0.3) is 0 Å². The van der Waals surface area contributed by atoms with E-state index in [1.54, 1.807) is 6.07 Å². The van der Waals surface area contributed by atoms with Gasteiger partial charge in [0.1, 0.15) is 0 Å². The number of halogens is 1. The largest absolute Gasteiger partial charge is 0.309 e. The highest BCUT2D eigenvalue weighted by molar-refractivity contribution is 6.30. The van der Waals surface area contributed by atoms with Crippen LogP contribution in [0.4, 0.5) is 5.69 Å². The third kappa shape index (κ3) is 2.59. The second kappa shape index (κ2) is 5.21. The van der Waals surface area contributed by atoms with Crippen LogP contribution in [0.3, 0.4) is 0 Å². The van der Waals surface area contributed by atoms with Gasteiger partial charge < -0.3 is 4.90 Å². The topological polar surface area (TPSA) is 37.4 Å². The Bertz CT molecular complexity index is 560. The Balaban J connectivity index is 2.40. The summed E-state index contributed by atoms with van der Waals surface area (Å²) >= 11 is 5.59. The van der Waals surface area contributed by atoms with Gasteiger partial charge in [0.2, 0.25) is 5.91 Å². The number of benzene rings is 1. The molecule has 1 atom stereocenters. The summed E-state index contributed by atoms with van der Waals surface area (Å²) in [6.07, 6.45) is 0.778. The predicted octanol–water partition coefficient (Wildman–Crippen LogP) is 3.43. The number of fused-ring (bicyclic) bond motifs is 1. The molecule has 1 aliphatic rings. The zero-order valence-corrected chi connectivity index (χ0v) is 13.1. The monoisotopic (exact) mass is 293 g/mol. The maximum atomic E-state index is 12.6. The fraction of sp³-hybridized carbons (Fsp3) is 0.500. The van der Waals surface area contributed by atoms with Crippen molar-refractivity contribution < 1.29 is 9.59 Å². The summed E-state index contributed by atoms with van der Waals surface area (Å²) in [4.78, 5) is 26.1.